The van der Waals surface area contributed by atoms with Gasteiger partial charge < -0.3 is 15.4 Å². The lowest BCUT2D eigenvalue weighted by molar-refractivity contribution is -0.134. The van der Waals surface area contributed by atoms with Crippen molar-refractivity contribution in [3.05, 3.63) is 35.9 Å². The summed E-state index contributed by atoms with van der Waals surface area (Å²) >= 11 is 0. The molecule has 0 aliphatic carbocycles. The molecule has 0 saturated carbocycles. The molecule has 4 nitrogen and oxygen atoms in total. The van der Waals surface area contributed by atoms with E-state index in [2.05, 4.69) is 0 Å². The molecule has 1 aliphatic rings. The van der Waals surface area contributed by atoms with Crippen molar-refractivity contribution in [3.63, 3.8) is 0 Å². The number of hydrogen-bond acceptors (Lipinski definition) is 3. The van der Waals surface area contributed by atoms with Crippen molar-refractivity contribution >= 4 is 5.91 Å². The summed E-state index contributed by atoms with van der Waals surface area (Å²) in [6.07, 6.45) is 2.78. The summed E-state index contributed by atoms with van der Waals surface area (Å²) in [5.74, 6) is 0.520. The fourth-order valence-corrected chi connectivity index (χ4v) is 2.88. The highest BCUT2D eigenvalue weighted by molar-refractivity contribution is 5.82. The molecule has 0 radical (unpaired) electrons. The van der Waals surface area contributed by atoms with Gasteiger partial charge in [0.1, 0.15) is 0 Å². The topological polar surface area (TPSA) is 55.6 Å². The summed E-state index contributed by atoms with van der Waals surface area (Å²) in [5.41, 5.74) is 7.22. The van der Waals surface area contributed by atoms with E-state index < -0.39 is 6.04 Å². The van der Waals surface area contributed by atoms with Crippen LogP contribution in [0.1, 0.15) is 25.3 Å². The molecule has 1 amide bonds. The van der Waals surface area contributed by atoms with Crippen LogP contribution in [0.4, 0.5) is 0 Å². The Hall–Kier alpha value is -1.39. The fraction of sp³-hybridized carbons (Fsp3) is 0.588. The molecular weight excluding hydrogens is 264 g/mol. The zero-order valence-electron chi connectivity index (χ0n) is 12.8. The predicted molar refractivity (Wildman–Crippen MR) is 83.9 cm³/mol. The molecular formula is C17H26N2O2. The van der Waals surface area contributed by atoms with Crippen LogP contribution in [0.2, 0.25) is 0 Å². The van der Waals surface area contributed by atoms with E-state index in [0.29, 0.717) is 12.3 Å². The van der Waals surface area contributed by atoms with Crippen molar-refractivity contribution in [1.82, 2.24) is 4.90 Å². The normalized spacial score (nSPS) is 20.3. The predicted octanol–water partition coefficient (Wildman–Crippen LogP) is 1.83. The number of nitrogens with zero attached hydrogens (tertiary/aromatic N) is 1. The number of piperidine rings is 1. The van der Waals surface area contributed by atoms with E-state index in [-0.39, 0.29) is 5.91 Å². The minimum Gasteiger partial charge on any atom is -0.381 e. The van der Waals surface area contributed by atoms with E-state index in [1.54, 1.807) is 0 Å². The Morgan fingerprint density at radius 2 is 2.19 bits per heavy atom. The molecule has 2 rings (SSSR count). The summed E-state index contributed by atoms with van der Waals surface area (Å²) < 4.78 is 5.49. The van der Waals surface area contributed by atoms with Crippen LogP contribution in [-0.2, 0) is 16.0 Å². The Morgan fingerprint density at radius 1 is 1.43 bits per heavy atom. The van der Waals surface area contributed by atoms with Crippen LogP contribution in [0.3, 0.4) is 0 Å². The molecule has 4 heteroatoms. The van der Waals surface area contributed by atoms with Gasteiger partial charge in [-0.25, -0.2) is 0 Å². The molecule has 116 valence electrons. The molecule has 1 fully saturated rings. The summed E-state index contributed by atoms with van der Waals surface area (Å²) in [4.78, 5) is 14.4. The average Bonchev–Trinajstić information content (AvgIpc) is 2.53. The molecule has 21 heavy (non-hydrogen) atoms. The van der Waals surface area contributed by atoms with Gasteiger partial charge in [-0.05, 0) is 37.7 Å². The van der Waals surface area contributed by atoms with Gasteiger partial charge in [0.15, 0.2) is 0 Å². The molecule has 1 saturated heterocycles. The van der Waals surface area contributed by atoms with Crippen LogP contribution in [0.5, 0.6) is 0 Å². The van der Waals surface area contributed by atoms with E-state index in [0.717, 1.165) is 44.7 Å². The van der Waals surface area contributed by atoms with Gasteiger partial charge in [0.2, 0.25) is 5.91 Å². The second-order valence-corrected chi connectivity index (χ2v) is 5.75. The van der Waals surface area contributed by atoms with Gasteiger partial charge in [-0.2, -0.15) is 0 Å². The molecule has 0 spiro atoms. The SMILES string of the molecule is CCOCC1CCCN(C(=O)[C@@H](N)Cc2ccccc2)C1. The average molecular weight is 290 g/mol. The second-order valence-electron chi connectivity index (χ2n) is 5.75. The van der Waals surface area contributed by atoms with Gasteiger partial charge in [0.25, 0.3) is 0 Å². The van der Waals surface area contributed by atoms with E-state index in [4.69, 9.17) is 10.5 Å². The lowest BCUT2D eigenvalue weighted by Gasteiger charge is -2.34. The lowest BCUT2D eigenvalue weighted by Crippen LogP contribution is -2.49. The van der Waals surface area contributed by atoms with Gasteiger partial charge in [0.05, 0.1) is 12.6 Å². The van der Waals surface area contributed by atoms with E-state index in [1.807, 2.05) is 42.2 Å². The van der Waals surface area contributed by atoms with Crippen molar-refractivity contribution in [3.8, 4) is 0 Å². The first kappa shape index (κ1) is 16.0. The molecule has 1 aromatic rings. The number of rotatable bonds is 6. The second kappa shape index (κ2) is 8.15. The van der Waals surface area contributed by atoms with Crippen LogP contribution in [0.15, 0.2) is 30.3 Å². The molecule has 1 unspecified atom stereocenters. The highest BCUT2D eigenvalue weighted by Gasteiger charge is 2.27. The van der Waals surface area contributed by atoms with Gasteiger partial charge in [-0.15, -0.1) is 0 Å². The number of carbonyl (C=O) groups is 1. The quantitative estimate of drug-likeness (QED) is 0.869. The van der Waals surface area contributed by atoms with Gasteiger partial charge >= 0.3 is 0 Å². The number of amides is 1. The maximum Gasteiger partial charge on any atom is 0.239 e. The van der Waals surface area contributed by atoms with Crippen LogP contribution < -0.4 is 5.73 Å². The first-order valence-electron chi connectivity index (χ1n) is 7.86. The zero-order chi connectivity index (χ0) is 15.1. The molecule has 1 heterocycles. The maximum absolute atomic E-state index is 12.5. The van der Waals surface area contributed by atoms with Gasteiger partial charge in [-0.3, -0.25) is 4.79 Å². The zero-order valence-corrected chi connectivity index (χ0v) is 12.8. The van der Waals surface area contributed by atoms with Crippen molar-refractivity contribution < 1.29 is 9.53 Å². The Bertz CT molecular complexity index is 436. The fourth-order valence-electron chi connectivity index (χ4n) is 2.88. The number of benzene rings is 1. The van der Waals surface area contributed by atoms with E-state index in [1.165, 1.54) is 0 Å². The monoisotopic (exact) mass is 290 g/mol. The number of nitrogens with two attached hydrogens (primary N) is 1. The summed E-state index contributed by atoms with van der Waals surface area (Å²) in [7, 11) is 0. The highest BCUT2D eigenvalue weighted by Crippen LogP contribution is 2.18. The Balaban J connectivity index is 1.86. The third kappa shape index (κ3) is 4.83. The minimum atomic E-state index is -0.446. The molecule has 0 bridgehead atoms. The van der Waals surface area contributed by atoms with Gasteiger partial charge in [-0.1, -0.05) is 30.3 Å². The third-order valence-electron chi connectivity index (χ3n) is 4.00. The third-order valence-corrected chi connectivity index (χ3v) is 4.00. The highest BCUT2D eigenvalue weighted by atomic mass is 16.5. The Kier molecular flexibility index (Phi) is 6.21. The van der Waals surface area contributed by atoms with Crippen LogP contribution in [0, 0.1) is 5.92 Å². The number of likely N-dealkylation sites (tertiary alicyclic amines) is 1. The summed E-state index contributed by atoms with van der Waals surface area (Å²) in [6.45, 7) is 5.08. The van der Waals surface area contributed by atoms with E-state index in [9.17, 15) is 4.79 Å². The molecule has 2 N–H and O–H groups in total. The first-order valence-corrected chi connectivity index (χ1v) is 7.86. The summed E-state index contributed by atoms with van der Waals surface area (Å²) in [5, 5.41) is 0. The largest absolute Gasteiger partial charge is 0.381 e. The van der Waals surface area contributed by atoms with Crippen LogP contribution in [0.25, 0.3) is 0 Å². The van der Waals surface area contributed by atoms with Crippen molar-refractivity contribution in [2.24, 2.45) is 11.7 Å². The molecule has 1 aromatic carbocycles. The van der Waals surface area contributed by atoms with Crippen LogP contribution >= 0.6 is 0 Å². The van der Waals surface area contributed by atoms with Crippen LogP contribution in [-0.4, -0.2) is 43.2 Å². The molecule has 2 atom stereocenters. The van der Waals surface area contributed by atoms with Gasteiger partial charge in [0, 0.05) is 19.7 Å². The lowest BCUT2D eigenvalue weighted by atomic mass is 9.97. The number of carbonyl (C=O) groups excluding carboxylic acids is 1. The molecule has 1 aliphatic heterocycles. The standard InChI is InChI=1S/C17H26N2O2/c1-2-21-13-15-9-6-10-19(12-15)17(20)16(18)11-14-7-4-3-5-8-14/h3-5,7-8,15-16H,2,6,9-13,18H2,1H3/t15?,16-/m0/s1. The molecule has 0 aromatic heterocycles. The maximum atomic E-state index is 12.5. The minimum absolute atomic E-state index is 0.0695. The Labute approximate surface area is 127 Å². The smallest absolute Gasteiger partial charge is 0.239 e. The Morgan fingerprint density at radius 3 is 2.90 bits per heavy atom. The number of ether oxygens (including phenoxy) is 1. The first-order chi connectivity index (χ1) is 10.2. The number of hydrogen-bond donors (Lipinski definition) is 1. The van der Waals surface area contributed by atoms with Crippen molar-refractivity contribution in [2.45, 2.75) is 32.2 Å². The van der Waals surface area contributed by atoms with Crippen molar-refractivity contribution in [1.29, 1.82) is 0 Å². The summed E-state index contributed by atoms with van der Waals surface area (Å²) in [6, 6.07) is 9.51. The van der Waals surface area contributed by atoms with E-state index >= 15 is 0 Å². The van der Waals surface area contributed by atoms with Crippen molar-refractivity contribution in [2.75, 3.05) is 26.3 Å².